The molecule has 15 heavy (non-hydrogen) atoms. The average Bonchev–Trinajstić information content (AvgIpc) is 2.26. The maximum Gasteiger partial charge on any atom is 0.243 e. The first-order valence-electron chi connectivity index (χ1n) is 4.77. The summed E-state index contributed by atoms with van der Waals surface area (Å²) in [6.45, 7) is 2.11. The fourth-order valence-electron chi connectivity index (χ4n) is 1.19. The Bertz CT molecular complexity index is 458. The molecule has 2 rings (SSSR count). The summed E-state index contributed by atoms with van der Waals surface area (Å²) >= 11 is 0. The second kappa shape index (κ2) is 4.18. The third-order valence-electron chi connectivity index (χ3n) is 1.92. The Morgan fingerprint density at radius 1 is 1.27 bits per heavy atom. The van der Waals surface area contributed by atoms with E-state index in [4.69, 9.17) is 5.11 Å². The van der Waals surface area contributed by atoms with Crippen LogP contribution < -0.4 is 5.32 Å². The summed E-state index contributed by atoms with van der Waals surface area (Å²) in [6.07, 6.45) is -0.430. The molecule has 0 aliphatic heterocycles. The molecule has 1 heterocycles. The van der Waals surface area contributed by atoms with Crippen molar-refractivity contribution in [2.45, 2.75) is 13.0 Å². The molecule has 0 spiro atoms. The monoisotopic (exact) mass is 204 g/mol. The Balaban J connectivity index is 2.23. The summed E-state index contributed by atoms with van der Waals surface area (Å²) in [6, 6.07) is 7.52. The van der Waals surface area contributed by atoms with E-state index >= 15 is 0 Å². The summed E-state index contributed by atoms with van der Waals surface area (Å²) in [4.78, 5) is 4.25. The fourth-order valence-corrected chi connectivity index (χ4v) is 1.19. The Morgan fingerprint density at radius 2 is 2.00 bits per heavy atom. The number of rotatable bonds is 3. The van der Waals surface area contributed by atoms with Crippen molar-refractivity contribution in [2.75, 3.05) is 11.9 Å². The van der Waals surface area contributed by atoms with Crippen LogP contribution in [0.15, 0.2) is 24.3 Å². The lowest BCUT2D eigenvalue weighted by molar-refractivity contribution is 0.208. The van der Waals surface area contributed by atoms with E-state index in [1.165, 1.54) is 0 Å². The van der Waals surface area contributed by atoms with Gasteiger partial charge in [-0.2, -0.15) is 0 Å². The third-order valence-corrected chi connectivity index (χ3v) is 1.92. The summed E-state index contributed by atoms with van der Waals surface area (Å²) in [5.74, 6) is 0.439. The number of aliphatic hydroxyl groups is 1. The summed E-state index contributed by atoms with van der Waals surface area (Å²) in [7, 11) is 0. The second-order valence-electron chi connectivity index (χ2n) is 3.35. The first-order valence-corrected chi connectivity index (χ1v) is 4.77. The molecular formula is C10H12N4O. The second-order valence-corrected chi connectivity index (χ2v) is 3.35. The highest BCUT2D eigenvalue weighted by Crippen LogP contribution is 2.08. The van der Waals surface area contributed by atoms with Gasteiger partial charge in [-0.1, -0.05) is 12.1 Å². The van der Waals surface area contributed by atoms with Crippen LogP contribution >= 0.6 is 0 Å². The molecule has 2 aromatic rings. The summed E-state index contributed by atoms with van der Waals surface area (Å²) in [5, 5.41) is 19.9. The van der Waals surface area contributed by atoms with Gasteiger partial charge < -0.3 is 10.4 Å². The molecule has 1 aromatic carbocycles. The van der Waals surface area contributed by atoms with Gasteiger partial charge in [0.05, 0.1) is 11.6 Å². The molecule has 0 fully saturated rings. The van der Waals surface area contributed by atoms with Gasteiger partial charge in [0.2, 0.25) is 5.95 Å². The van der Waals surface area contributed by atoms with E-state index in [0.29, 0.717) is 12.5 Å². The minimum absolute atomic E-state index is 0.417. The van der Waals surface area contributed by atoms with E-state index in [0.717, 1.165) is 11.0 Å². The van der Waals surface area contributed by atoms with E-state index in [-0.39, 0.29) is 0 Å². The molecule has 0 bridgehead atoms. The molecule has 0 aliphatic rings. The molecule has 0 saturated carbocycles. The molecule has 1 unspecified atom stereocenters. The normalized spacial score (nSPS) is 12.7. The number of benzene rings is 1. The SMILES string of the molecule is CC(O)CNc1nnc2ccccc2n1. The number of fused-ring (bicyclic) bond motifs is 1. The first-order chi connectivity index (χ1) is 7.25. The molecule has 0 saturated heterocycles. The number of nitrogens with zero attached hydrogens (tertiary/aromatic N) is 3. The average molecular weight is 204 g/mol. The molecule has 0 aliphatic carbocycles. The van der Waals surface area contributed by atoms with Crippen LogP contribution in [0.25, 0.3) is 11.0 Å². The number of hydrogen-bond acceptors (Lipinski definition) is 5. The van der Waals surface area contributed by atoms with E-state index in [2.05, 4.69) is 20.5 Å². The van der Waals surface area contributed by atoms with Gasteiger partial charge in [-0.15, -0.1) is 10.2 Å². The molecule has 78 valence electrons. The van der Waals surface area contributed by atoms with Crippen molar-refractivity contribution in [2.24, 2.45) is 0 Å². The van der Waals surface area contributed by atoms with Gasteiger partial charge in [0.25, 0.3) is 0 Å². The minimum Gasteiger partial charge on any atom is -0.392 e. The number of nitrogens with one attached hydrogen (secondary N) is 1. The van der Waals surface area contributed by atoms with Crippen molar-refractivity contribution < 1.29 is 5.11 Å². The van der Waals surface area contributed by atoms with E-state index < -0.39 is 6.10 Å². The lowest BCUT2D eigenvalue weighted by atomic mass is 10.3. The Morgan fingerprint density at radius 3 is 2.73 bits per heavy atom. The van der Waals surface area contributed by atoms with Crippen molar-refractivity contribution in [1.29, 1.82) is 0 Å². The quantitative estimate of drug-likeness (QED) is 0.774. The van der Waals surface area contributed by atoms with Crippen LogP contribution in [0.1, 0.15) is 6.92 Å². The molecule has 1 atom stereocenters. The van der Waals surface area contributed by atoms with Crippen LogP contribution in [0.2, 0.25) is 0 Å². The Labute approximate surface area is 87.2 Å². The molecule has 0 amide bonds. The number of para-hydroxylation sites is 1. The van der Waals surface area contributed by atoms with Crippen molar-refractivity contribution in [3.63, 3.8) is 0 Å². The predicted molar refractivity (Wildman–Crippen MR) is 57.5 cm³/mol. The van der Waals surface area contributed by atoms with Crippen LogP contribution in [-0.4, -0.2) is 32.9 Å². The molecular weight excluding hydrogens is 192 g/mol. The topological polar surface area (TPSA) is 70.9 Å². The lowest BCUT2D eigenvalue weighted by Crippen LogP contribution is -2.17. The van der Waals surface area contributed by atoms with Gasteiger partial charge >= 0.3 is 0 Å². The molecule has 2 N–H and O–H groups in total. The summed E-state index contributed by atoms with van der Waals surface area (Å²) in [5.41, 5.74) is 1.56. The van der Waals surface area contributed by atoms with Gasteiger partial charge in [0.15, 0.2) is 0 Å². The molecule has 5 nitrogen and oxygen atoms in total. The van der Waals surface area contributed by atoms with Crippen LogP contribution in [0.4, 0.5) is 5.95 Å². The van der Waals surface area contributed by atoms with Crippen molar-refractivity contribution in [3.8, 4) is 0 Å². The lowest BCUT2D eigenvalue weighted by Gasteiger charge is -2.06. The Kier molecular flexibility index (Phi) is 2.73. The maximum absolute atomic E-state index is 9.09. The van der Waals surface area contributed by atoms with Crippen molar-refractivity contribution >= 4 is 17.0 Å². The minimum atomic E-state index is -0.430. The number of aromatic nitrogens is 3. The van der Waals surface area contributed by atoms with Crippen LogP contribution in [0.5, 0.6) is 0 Å². The molecule has 0 radical (unpaired) electrons. The zero-order valence-electron chi connectivity index (χ0n) is 8.38. The van der Waals surface area contributed by atoms with Gasteiger partial charge in [-0.05, 0) is 19.1 Å². The van der Waals surface area contributed by atoms with Gasteiger partial charge in [0, 0.05) is 6.54 Å². The van der Waals surface area contributed by atoms with Gasteiger partial charge in [0.1, 0.15) is 5.52 Å². The highest BCUT2D eigenvalue weighted by Gasteiger charge is 2.01. The summed E-state index contributed by atoms with van der Waals surface area (Å²) < 4.78 is 0. The van der Waals surface area contributed by atoms with Crippen molar-refractivity contribution in [1.82, 2.24) is 15.2 Å². The van der Waals surface area contributed by atoms with Crippen LogP contribution in [0, 0.1) is 0 Å². The number of hydrogen-bond donors (Lipinski definition) is 2. The fraction of sp³-hybridized carbons (Fsp3) is 0.300. The van der Waals surface area contributed by atoms with E-state index in [1.54, 1.807) is 6.92 Å². The van der Waals surface area contributed by atoms with Crippen LogP contribution in [0.3, 0.4) is 0 Å². The standard InChI is InChI=1S/C10H12N4O/c1-7(15)6-11-10-12-8-4-2-3-5-9(8)13-14-10/h2-5,7,15H,6H2,1H3,(H,11,12,14). The number of anilines is 1. The third kappa shape index (κ3) is 2.38. The number of aliphatic hydroxyl groups excluding tert-OH is 1. The van der Waals surface area contributed by atoms with E-state index in [1.807, 2.05) is 24.3 Å². The maximum atomic E-state index is 9.09. The smallest absolute Gasteiger partial charge is 0.243 e. The molecule has 1 aromatic heterocycles. The first kappa shape index (κ1) is 9.79. The van der Waals surface area contributed by atoms with Crippen LogP contribution in [-0.2, 0) is 0 Å². The Hall–Kier alpha value is -1.75. The van der Waals surface area contributed by atoms with Gasteiger partial charge in [-0.25, -0.2) is 4.98 Å². The molecule has 5 heteroatoms. The zero-order valence-corrected chi connectivity index (χ0v) is 8.38. The highest BCUT2D eigenvalue weighted by atomic mass is 16.3. The van der Waals surface area contributed by atoms with Gasteiger partial charge in [-0.3, -0.25) is 0 Å². The highest BCUT2D eigenvalue weighted by molar-refractivity contribution is 5.73. The predicted octanol–water partition coefficient (Wildman–Crippen LogP) is 0.817. The van der Waals surface area contributed by atoms with Crippen molar-refractivity contribution in [3.05, 3.63) is 24.3 Å². The van der Waals surface area contributed by atoms with E-state index in [9.17, 15) is 0 Å². The largest absolute Gasteiger partial charge is 0.392 e. The zero-order chi connectivity index (χ0) is 10.7.